The molecule has 3 heterocycles. The normalized spacial score (nSPS) is 21.7. The Kier molecular flexibility index (Phi) is 3.76. The maximum Gasteiger partial charge on any atom is 0.251 e. The molecule has 4 nitrogen and oxygen atoms in total. The van der Waals surface area contributed by atoms with Crippen LogP contribution in [0.2, 0.25) is 10.0 Å². The lowest BCUT2D eigenvalue weighted by Gasteiger charge is -2.37. The molecule has 0 bridgehead atoms. The first-order valence-corrected chi connectivity index (χ1v) is 9.78. The number of carbonyl (C=O) groups is 1. The van der Waals surface area contributed by atoms with Crippen LogP contribution in [0.25, 0.3) is 10.9 Å². The van der Waals surface area contributed by atoms with Crippen LogP contribution in [0.15, 0.2) is 42.5 Å². The molecule has 1 N–H and O–H groups in total. The fourth-order valence-corrected chi connectivity index (χ4v) is 4.86. The van der Waals surface area contributed by atoms with Gasteiger partial charge >= 0.3 is 0 Å². The van der Waals surface area contributed by atoms with E-state index in [4.69, 9.17) is 35.4 Å². The third-order valence-corrected chi connectivity index (χ3v) is 6.74. The second kappa shape index (κ2) is 5.96. The van der Waals surface area contributed by atoms with Crippen LogP contribution >= 0.6 is 35.4 Å². The minimum Gasteiger partial charge on any atom is -0.356 e. The summed E-state index contributed by atoms with van der Waals surface area (Å²) in [5.41, 5.74) is 4.22. The van der Waals surface area contributed by atoms with Crippen molar-refractivity contribution in [3.05, 3.63) is 69.3 Å². The predicted molar refractivity (Wildman–Crippen MR) is 111 cm³/mol. The molecule has 0 saturated carbocycles. The first-order chi connectivity index (χ1) is 13.0. The molecule has 0 spiro atoms. The van der Waals surface area contributed by atoms with Gasteiger partial charge in [-0.2, -0.15) is 0 Å². The van der Waals surface area contributed by atoms with Gasteiger partial charge in [0.1, 0.15) is 6.04 Å². The number of nitrogens with one attached hydrogen (secondary N) is 1. The molecule has 5 rings (SSSR count). The van der Waals surface area contributed by atoms with E-state index in [1.54, 1.807) is 18.0 Å². The highest BCUT2D eigenvalue weighted by Crippen LogP contribution is 2.44. The molecule has 27 heavy (non-hydrogen) atoms. The average Bonchev–Trinajstić information content (AvgIpc) is 3.14. The zero-order valence-corrected chi connectivity index (χ0v) is 16.7. The standard InChI is InChI=1S/C20H15Cl2N3OS/c1-24-19(26)16-9-12-11-4-2-3-5-15(11)23-17(12)18(25(16)20(24)27)10-6-7-13(21)14(22)8-10/h2-8,16,18,23H,9H2,1H3/t16-,18+/m1/s1. The van der Waals surface area contributed by atoms with Crippen molar-refractivity contribution in [3.63, 3.8) is 0 Å². The minimum absolute atomic E-state index is 0.0287. The molecule has 136 valence electrons. The molecule has 2 aliphatic heterocycles. The number of aromatic amines is 1. The van der Waals surface area contributed by atoms with Gasteiger partial charge in [0.15, 0.2) is 5.11 Å². The molecule has 3 aromatic rings. The van der Waals surface area contributed by atoms with Gasteiger partial charge in [-0.3, -0.25) is 9.69 Å². The first kappa shape index (κ1) is 17.0. The lowest BCUT2D eigenvalue weighted by atomic mass is 9.89. The molecule has 1 fully saturated rings. The summed E-state index contributed by atoms with van der Waals surface area (Å²) in [6.07, 6.45) is 0.625. The molecule has 2 aliphatic rings. The zero-order chi connectivity index (χ0) is 18.9. The SMILES string of the molecule is CN1C(=O)[C@H]2Cc3c([nH]c4ccccc34)[C@H](c3ccc(Cl)c(Cl)c3)N2C1=S. The Morgan fingerprint density at radius 2 is 1.93 bits per heavy atom. The van der Waals surface area contributed by atoms with Gasteiger partial charge in [-0.15, -0.1) is 0 Å². The second-order valence-corrected chi connectivity index (χ2v) is 8.13. The fraction of sp³-hybridized carbons (Fsp3) is 0.200. The molecule has 2 aromatic carbocycles. The maximum atomic E-state index is 12.9. The van der Waals surface area contributed by atoms with Crippen molar-refractivity contribution in [1.82, 2.24) is 14.8 Å². The van der Waals surface area contributed by atoms with Crippen molar-refractivity contribution in [1.29, 1.82) is 0 Å². The number of amides is 1. The van der Waals surface area contributed by atoms with Gasteiger partial charge < -0.3 is 9.88 Å². The maximum absolute atomic E-state index is 12.9. The number of fused-ring (bicyclic) bond motifs is 4. The summed E-state index contributed by atoms with van der Waals surface area (Å²) in [5.74, 6) is 0.0287. The van der Waals surface area contributed by atoms with E-state index in [2.05, 4.69) is 17.1 Å². The van der Waals surface area contributed by atoms with E-state index in [1.807, 2.05) is 29.2 Å². The van der Waals surface area contributed by atoms with E-state index < -0.39 is 0 Å². The molecular formula is C20H15Cl2N3OS. The number of benzene rings is 2. The summed E-state index contributed by atoms with van der Waals surface area (Å²) < 4.78 is 0. The summed E-state index contributed by atoms with van der Waals surface area (Å²) in [6.45, 7) is 0. The molecule has 2 atom stereocenters. The van der Waals surface area contributed by atoms with Gasteiger partial charge in [-0.25, -0.2) is 0 Å². The van der Waals surface area contributed by atoms with Gasteiger partial charge in [0, 0.05) is 30.1 Å². The monoisotopic (exact) mass is 415 g/mol. The van der Waals surface area contributed by atoms with Crippen molar-refractivity contribution in [2.45, 2.75) is 18.5 Å². The van der Waals surface area contributed by atoms with Crippen LogP contribution in [0.5, 0.6) is 0 Å². The average molecular weight is 416 g/mol. The summed E-state index contributed by atoms with van der Waals surface area (Å²) in [6, 6.07) is 13.2. The lowest BCUT2D eigenvalue weighted by Crippen LogP contribution is -2.44. The first-order valence-electron chi connectivity index (χ1n) is 8.61. The van der Waals surface area contributed by atoms with Crippen molar-refractivity contribution in [3.8, 4) is 0 Å². The molecule has 7 heteroatoms. The summed E-state index contributed by atoms with van der Waals surface area (Å²) in [7, 11) is 1.74. The van der Waals surface area contributed by atoms with Crippen LogP contribution in [-0.4, -0.2) is 38.9 Å². The Labute approximate surface area is 171 Å². The molecule has 0 aliphatic carbocycles. The van der Waals surface area contributed by atoms with Gasteiger partial charge in [0.25, 0.3) is 5.91 Å². The summed E-state index contributed by atoms with van der Waals surface area (Å²) in [4.78, 5) is 20.0. The van der Waals surface area contributed by atoms with Gasteiger partial charge in [0.05, 0.1) is 16.1 Å². The van der Waals surface area contributed by atoms with Crippen LogP contribution < -0.4 is 0 Å². The number of nitrogens with zero attached hydrogens (tertiary/aromatic N) is 2. The van der Waals surface area contributed by atoms with E-state index in [0.29, 0.717) is 21.6 Å². The van der Waals surface area contributed by atoms with E-state index in [1.165, 1.54) is 0 Å². The van der Waals surface area contributed by atoms with Crippen LogP contribution in [0.3, 0.4) is 0 Å². The molecule has 1 aromatic heterocycles. The molecule has 1 amide bonds. The Balaban J connectivity index is 1.78. The molecule has 0 radical (unpaired) electrons. The van der Waals surface area contributed by atoms with E-state index in [0.717, 1.165) is 27.7 Å². The lowest BCUT2D eigenvalue weighted by molar-refractivity contribution is -0.127. The molecular weight excluding hydrogens is 401 g/mol. The molecule has 0 unspecified atom stereocenters. The Morgan fingerprint density at radius 1 is 1.15 bits per heavy atom. The topological polar surface area (TPSA) is 39.3 Å². The largest absolute Gasteiger partial charge is 0.356 e. The van der Waals surface area contributed by atoms with Crippen LogP contribution in [-0.2, 0) is 11.2 Å². The number of hydrogen-bond acceptors (Lipinski definition) is 2. The third kappa shape index (κ3) is 2.35. The number of halogens is 2. The minimum atomic E-state index is -0.311. The second-order valence-electron chi connectivity index (χ2n) is 6.95. The van der Waals surface area contributed by atoms with Crippen molar-refractivity contribution in [2.75, 3.05) is 7.05 Å². The number of hydrogen-bond donors (Lipinski definition) is 1. The number of likely N-dealkylation sites (N-methyl/N-ethyl adjacent to an activating group) is 1. The highest BCUT2D eigenvalue weighted by Gasteiger charge is 2.49. The number of aromatic nitrogens is 1. The highest BCUT2D eigenvalue weighted by molar-refractivity contribution is 7.80. The van der Waals surface area contributed by atoms with Crippen LogP contribution in [0, 0.1) is 0 Å². The number of carbonyl (C=O) groups excluding carboxylic acids is 1. The third-order valence-electron chi connectivity index (χ3n) is 5.51. The van der Waals surface area contributed by atoms with Crippen LogP contribution in [0.1, 0.15) is 22.9 Å². The van der Waals surface area contributed by atoms with Gasteiger partial charge in [-0.1, -0.05) is 47.5 Å². The number of H-pyrrole nitrogens is 1. The molecule has 1 saturated heterocycles. The quantitative estimate of drug-likeness (QED) is 0.592. The Bertz CT molecular complexity index is 1130. The number of thiocarbonyl (C=S) groups is 1. The van der Waals surface area contributed by atoms with Crippen molar-refractivity contribution in [2.24, 2.45) is 0 Å². The highest BCUT2D eigenvalue weighted by atomic mass is 35.5. The van der Waals surface area contributed by atoms with E-state index in [-0.39, 0.29) is 18.0 Å². The zero-order valence-electron chi connectivity index (χ0n) is 14.4. The number of rotatable bonds is 1. The van der Waals surface area contributed by atoms with Crippen molar-refractivity contribution < 1.29 is 4.79 Å². The number of para-hydroxylation sites is 1. The summed E-state index contributed by atoms with van der Waals surface area (Å²) >= 11 is 18.1. The fourth-order valence-electron chi connectivity index (χ4n) is 4.24. The van der Waals surface area contributed by atoms with E-state index in [9.17, 15) is 4.79 Å². The van der Waals surface area contributed by atoms with E-state index >= 15 is 0 Å². The van der Waals surface area contributed by atoms with Crippen LogP contribution in [0.4, 0.5) is 0 Å². The summed E-state index contributed by atoms with van der Waals surface area (Å²) in [5, 5.41) is 2.66. The smallest absolute Gasteiger partial charge is 0.251 e. The van der Waals surface area contributed by atoms with Gasteiger partial charge in [0.2, 0.25) is 0 Å². The van der Waals surface area contributed by atoms with Gasteiger partial charge in [-0.05, 0) is 41.5 Å². The Hall–Kier alpha value is -2.08. The predicted octanol–water partition coefficient (Wildman–Crippen LogP) is 4.55. The van der Waals surface area contributed by atoms with Crippen molar-refractivity contribution >= 4 is 57.3 Å². The Morgan fingerprint density at radius 3 is 2.70 bits per heavy atom.